The number of nitrogens with one attached hydrogen (secondary N) is 1. The van der Waals surface area contributed by atoms with Crippen LogP contribution in [-0.2, 0) is 0 Å². The maximum Gasteiger partial charge on any atom is 0.270 e. The zero-order chi connectivity index (χ0) is 15.1. The summed E-state index contributed by atoms with van der Waals surface area (Å²) in [7, 11) is 0. The van der Waals surface area contributed by atoms with Gasteiger partial charge in [0.25, 0.3) is 5.56 Å². The Bertz CT molecular complexity index is 951. The number of thiol groups is 1. The van der Waals surface area contributed by atoms with E-state index in [-0.39, 0.29) is 11.1 Å². The van der Waals surface area contributed by atoms with Gasteiger partial charge in [0, 0.05) is 10.6 Å². The highest BCUT2D eigenvalue weighted by atomic mass is 35.5. The van der Waals surface area contributed by atoms with Gasteiger partial charge in [-0.15, -0.1) is 12.6 Å². The fraction of sp³-hybridized carbons (Fsp3) is 0. The van der Waals surface area contributed by atoms with Gasteiger partial charge >= 0.3 is 0 Å². The molecule has 0 unspecified atom stereocenters. The van der Waals surface area contributed by atoms with Crippen molar-refractivity contribution in [3.63, 3.8) is 0 Å². The number of nitriles is 1. The molecule has 0 spiro atoms. The lowest BCUT2D eigenvalue weighted by molar-refractivity contribution is 0.476. The predicted molar refractivity (Wildman–Crippen MR) is 82.5 cm³/mol. The molecular weight excluding hydrogens is 310 g/mol. The van der Waals surface area contributed by atoms with Gasteiger partial charge in [0.15, 0.2) is 11.3 Å². The highest BCUT2D eigenvalue weighted by molar-refractivity contribution is 7.80. The summed E-state index contributed by atoms with van der Waals surface area (Å²) >= 11 is 10.4. The third-order valence-electron chi connectivity index (χ3n) is 3.11. The summed E-state index contributed by atoms with van der Waals surface area (Å²) in [6.07, 6.45) is 0. The van der Waals surface area contributed by atoms with E-state index in [2.05, 4.69) is 17.6 Å². The van der Waals surface area contributed by atoms with Crippen LogP contribution in [0.25, 0.3) is 16.7 Å². The zero-order valence-corrected chi connectivity index (χ0v) is 12.1. The lowest BCUT2D eigenvalue weighted by Crippen LogP contribution is -2.10. The Morgan fingerprint density at radius 1 is 1.33 bits per heavy atom. The van der Waals surface area contributed by atoms with Crippen LogP contribution in [-0.4, -0.2) is 14.7 Å². The Morgan fingerprint density at radius 3 is 2.62 bits per heavy atom. The molecule has 0 atom stereocenters. The van der Waals surface area contributed by atoms with Gasteiger partial charge in [0.05, 0.1) is 5.52 Å². The Balaban J connectivity index is 2.43. The van der Waals surface area contributed by atoms with E-state index in [4.69, 9.17) is 16.9 Å². The summed E-state index contributed by atoms with van der Waals surface area (Å²) in [6, 6.07) is 10.3. The summed E-state index contributed by atoms with van der Waals surface area (Å²) in [5, 5.41) is 19.5. The molecule has 0 aliphatic carbocycles. The average molecular weight is 318 g/mol. The molecule has 5 nitrogen and oxygen atoms in total. The van der Waals surface area contributed by atoms with Gasteiger partial charge in [0.1, 0.15) is 16.7 Å². The van der Waals surface area contributed by atoms with E-state index < -0.39 is 11.3 Å². The van der Waals surface area contributed by atoms with Gasteiger partial charge in [-0.3, -0.25) is 9.36 Å². The Morgan fingerprint density at radius 2 is 2.00 bits per heavy atom. The number of hydrogen-bond donors (Lipinski definition) is 3. The van der Waals surface area contributed by atoms with E-state index in [9.17, 15) is 9.90 Å². The van der Waals surface area contributed by atoms with Gasteiger partial charge < -0.3 is 10.1 Å². The van der Waals surface area contributed by atoms with Crippen LogP contribution in [0.4, 0.5) is 0 Å². The number of halogens is 1. The normalized spacial score (nSPS) is 10.7. The SMILES string of the molecule is N#Cc1c(O)c2c(cc(Cl)n2-c2ccc(S)cc2)[nH]c1=O. The maximum absolute atomic E-state index is 11.7. The topological polar surface area (TPSA) is 81.8 Å². The van der Waals surface area contributed by atoms with Crippen LogP contribution in [0.3, 0.4) is 0 Å². The van der Waals surface area contributed by atoms with Crippen molar-refractivity contribution in [2.75, 3.05) is 0 Å². The highest BCUT2D eigenvalue weighted by Crippen LogP contribution is 2.33. The monoisotopic (exact) mass is 317 g/mol. The Kier molecular flexibility index (Phi) is 3.16. The average Bonchev–Trinajstić information content (AvgIpc) is 2.76. The Labute approximate surface area is 129 Å². The van der Waals surface area contributed by atoms with Crippen molar-refractivity contribution >= 4 is 35.3 Å². The zero-order valence-electron chi connectivity index (χ0n) is 10.5. The lowest BCUT2D eigenvalue weighted by atomic mass is 10.2. The molecule has 0 aliphatic rings. The summed E-state index contributed by atoms with van der Waals surface area (Å²) in [6.45, 7) is 0. The van der Waals surface area contributed by atoms with Crippen molar-refractivity contribution in [3.8, 4) is 17.5 Å². The highest BCUT2D eigenvalue weighted by Gasteiger charge is 2.18. The first-order valence-corrected chi connectivity index (χ1v) is 6.71. The first-order chi connectivity index (χ1) is 10.0. The number of rotatable bonds is 1. The molecule has 0 fully saturated rings. The second-order valence-corrected chi connectivity index (χ2v) is 5.27. The molecule has 2 heterocycles. The quantitative estimate of drug-likeness (QED) is 0.604. The molecule has 0 saturated heterocycles. The Hall–Kier alpha value is -2.36. The maximum atomic E-state index is 11.7. The molecule has 3 aromatic rings. The number of hydrogen-bond acceptors (Lipinski definition) is 4. The fourth-order valence-electron chi connectivity index (χ4n) is 2.18. The number of aromatic hydroxyl groups is 1. The van der Waals surface area contributed by atoms with E-state index in [0.29, 0.717) is 16.4 Å². The van der Waals surface area contributed by atoms with Gasteiger partial charge in [-0.05, 0) is 30.3 Å². The van der Waals surface area contributed by atoms with Crippen LogP contribution in [0.1, 0.15) is 5.56 Å². The van der Waals surface area contributed by atoms with Crippen molar-refractivity contribution in [2.24, 2.45) is 0 Å². The largest absolute Gasteiger partial charge is 0.504 e. The molecule has 104 valence electrons. The van der Waals surface area contributed by atoms with Crippen LogP contribution < -0.4 is 5.56 Å². The minimum Gasteiger partial charge on any atom is -0.504 e. The number of nitrogens with zero attached hydrogens (tertiary/aromatic N) is 2. The fourth-order valence-corrected chi connectivity index (χ4v) is 2.62. The number of H-pyrrole nitrogens is 1. The summed E-state index contributed by atoms with van der Waals surface area (Å²) in [4.78, 5) is 15.0. The molecule has 2 N–H and O–H groups in total. The van der Waals surface area contributed by atoms with Crippen LogP contribution in [0.5, 0.6) is 5.75 Å². The molecule has 0 radical (unpaired) electrons. The van der Waals surface area contributed by atoms with Crippen LogP contribution in [0.2, 0.25) is 5.15 Å². The smallest absolute Gasteiger partial charge is 0.270 e. The molecule has 3 rings (SSSR count). The first-order valence-electron chi connectivity index (χ1n) is 5.88. The molecular formula is C14H8ClN3O2S. The lowest BCUT2D eigenvalue weighted by Gasteiger charge is -2.09. The summed E-state index contributed by atoms with van der Waals surface area (Å²) < 4.78 is 1.55. The van der Waals surface area contributed by atoms with Crippen molar-refractivity contribution < 1.29 is 5.11 Å². The summed E-state index contributed by atoms with van der Waals surface area (Å²) in [5.74, 6) is -0.391. The van der Waals surface area contributed by atoms with Crippen molar-refractivity contribution in [2.45, 2.75) is 4.90 Å². The second kappa shape index (κ2) is 4.88. The van der Waals surface area contributed by atoms with E-state index >= 15 is 0 Å². The number of aromatic nitrogens is 2. The first kappa shape index (κ1) is 13.6. The number of benzene rings is 1. The molecule has 21 heavy (non-hydrogen) atoms. The molecule has 0 amide bonds. The van der Waals surface area contributed by atoms with E-state index in [1.54, 1.807) is 34.9 Å². The van der Waals surface area contributed by atoms with Gasteiger partial charge in [-0.1, -0.05) is 11.6 Å². The predicted octanol–water partition coefficient (Wildman–Crippen LogP) is 2.84. The van der Waals surface area contributed by atoms with Gasteiger partial charge in [-0.25, -0.2) is 0 Å². The number of pyridine rings is 1. The molecule has 0 aliphatic heterocycles. The van der Waals surface area contributed by atoms with E-state index in [0.717, 1.165) is 4.90 Å². The van der Waals surface area contributed by atoms with Crippen molar-refractivity contribution in [1.29, 1.82) is 5.26 Å². The van der Waals surface area contributed by atoms with Gasteiger partial charge in [-0.2, -0.15) is 5.26 Å². The number of aromatic amines is 1. The molecule has 0 bridgehead atoms. The molecule has 1 aromatic carbocycles. The molecule has 0 saturated carbocycles. The van der Waals surface area contributed by atoms with E-state index in [1.165, 1.54) is 6.07 Å². The van der Waals surface area contributed by atoms with Crippen LogP contribution in [0, 0.1) is 11.3 Å². The van der Waals surface area contributed by atoms with Crippen LogP contribution in [0.15, 0.2) is 40.0 Å². The summed E-state index contributed by atoms with van der Waals surface area (Å²) in [5.41, 5.74) is 0.324. The minimum absolute atomic E-state index is 0.281. The molecule has 7 heteroatoms. The van der Waals surface area contributed by atoms with Crippen molar-refractivity contribution in [3.05, 3.63) is 51.4 Å². The van der Waals surface area contributed by atoms with Crippen molar-refractivity contribution in [1.82, 2.24) is 9.55 Å². The third-order valence-corrected chi connectivity index (χ3v) is 3.69. The second-order valence-electron chi connectivity index (χ2n) is 4.37. The van der Waals surface area contributed by atoms with Crippen LogP contribution >= 0.6 is 24.2 Å². The van der Waals surface area contributed by atoms with E-state index in [1.807, 2.05) is 0 Å². The number of fused-ring (bicyclic) bond motifs is 1. The van der Waals surface area contributed by atoms with Gasteiger partial charge in [0.2, 0.25) is 0 Å². The molecule has 2 aromatic heterocycles. The minimum atomic E-state index is -0.651. The standard InChI is InChI=1S/C14H8ClN3O2S/c15-11-5-10-12(13(19)9(6-16)14(20)17-10)18(11)7-1-3-8(21)4-2-7/h1-5,21H,(H2,17,19,20). The third kappa shape index (κ3) is 2.07.